The highest BCUT2D eigenvalue weighted by atomic mass is 16.5. The zero-order chi connectivity index (χ0) is 6.69. The Morgan fingerprint density at radius 1 is 1.44 bits per heavy atom. The second kappa shape index (κ2) is 3.18. The molecular formula is C7H15NO. The lowest BCUT2D eigenvalue weighted by molar-refractivity contribution is 0.0603. The van der Waals surface area contributed by atoms with Crippen LogP contribution in [-0.4, -0.2) is 19.3 Å². The molecule has 0 spiro atoms. The molecule has 9 heavy (non-hydrogen) atoms. The van der Waals surface area contributed by atoms with Crippen molar-refractivity contribution < 1.29 is 4.74 Å². The molecule has 2 nitrogen and oxygen atoms in total. The molecule has 0 aromatic rings. The van der Waals surface area contributed by atoms with Crippen molar-refractivity contribution in [3.05, 3.63) is 0 Å². The number of nitrogens with two attached hydrogens (primary N) is 1. The molecule has 2 N–H and O–H groups in total. The smallest absolute Gasteiger partial charge is 0.0469 e. The van der Waals surface area contributed by atoms with Crippen molar-refractivity contribution in [1.29, 1.82) is 0 Å². The van der Waals surface area contributed by atoms with Crippen LogP contribution >= 0.6 is 0 Å². The van der Waals surface area contributed by atoms with Gasteiger partial charge < -0.3 is 10.5 Å². The third-order valence-electron chi connectivity index (χ3n) is 2.01. The highest BCUT2D eigenvalue weighted by Gasteiger charge is 2.16. The van der Waals surface area contributed by atoms with Gasteiger partial charge in [0.15, 0.2) is 0 Å². The van der Waals surface area contributed by atoms with Crippen LogP contribution in [0.2, 0.25) is 0 Å². The Kier molecular flexibility index (Phi) is 2.49. The molecule has 1 heterocycles. The van der Waals surface area contributed by atoms with E-state index in [4.69, 9.17) is 10.5 Å². The van der Waals surface area contributed by atoms with Gasteiger partial charge in [-0.2, -0.15) is 0 Å². The lowest BCUT2D eigenvalue weighted by Gasteiger charge is -2.24. The zero-order valence-corrected chi connectivity index (χ0v) is 5.97. The second-order valence-corrected chi connectivity index (χ2v) is 2.81. The van der Waals surface area contributed by atoms with Crippen molar-refractivity contribution in [2.45, 2.75) is 25.8 Å². The molecule has 1 saturated heterocycles. The molecule has 0 amide bonds. The van der Waals surface area contributed by atoms with Gasteiger partial charge in [0.1, 0.15) is 0 Å². The van der Waals surface area contributed by atoms with E-state index in [-0.39, 0.29) is 0 Å². The lowest BCUT2D eigenvalue weighted by atomic mass is 9.94. The van der Waals surface area contributed by atoms with Gasteiger partial charge in [-0.05, 0) is 25.7 Å². The first-order valence-corrected chi connectivity index (χ1v) is 3.64. The molecule has 2 heteroatoms. The number of hydrogen-bond acceptors (Lipinski definition) is 2. The lowest BCUT2D eigenvalue weighted by Crippen LogP contribution is -2.31. The van der Waals surface area contributed by atoms with Gasteiger partial charge in [0, 0.05) is 19.3 Å². The maximum atomic E-state index is 5.71. The van der Waals surface area contributed by atoms with Gasteiger partial charge in [0.2, 0.25) is 0 Å². The molecule has 0 aliphatic carbocycles. The van der Waals surface area contributed by atoms with Gasteiger partial charge in [-0.1, -0.05) is 0 Å². The first kappa shape index (κ1) is 7.03. The van der Waals surface area contributed by atoms with E-state index in [0.29, 0.717) is 12.0 Å². The average molecular weight is 129 g/mol. The van der Waals surface area contributed by atoms with E-state index in [9.17, 15) is 0 Å². The summed E-state index contributed by atoms with van der Waals surface area (Å²) in [6.45, 7) is 3.90. The monoisotopic (exact) mass is 129 g/mol. The second-order valence-electron chi connectivity index (χ2n) is 2.81. The third-order valence-corrected chi connectivity index (χ3v) is 2.01. The highest BCUT2D eigenvalue weighted by Crippen LogP contribution is 2.16. The number of hydrogen-bond donors (Lipinski definition) is 1. The SMILES string of the molecule is CC(N)C1CCOCC1. The van der Waals surface area contributed by atoms with Crippen LogP contribution < -0.4 is 5.73 Å². The van der Waals surface area contributed by atoms with Crippen LogP contribution in [0.1, 0.15) is 19.8 Å². The van der Waals surface area contributed by atoms with Crippen molar-refractivity contribution in [2.75, 3.05) is 13.2 Å². The molecule has 0 radical (unpaired) electrons. The molecule has 0 aromatic carbocycles. The quantitative estimate of drug-likeness (QED) is 0.567. The van der Waals surface area contributed by atoms with Gasteiger partial charge in [0.05, 0.1) is 0 Å². The van der Waals surface area contributed by atoms with Gasteiger partial charge in [-0.25, -0.2) is 0 Å². The molecule has 1 rings (SSSR count). The number of ether oxygens (including phenoxy) is 1. The normalized spacial score (nSPS) is 26.0. The predicted molar refractivity (Wildman–Crippen MR) is 37.2 cm³/mol. The molecule has 1 aliphatic rings. The summed E-state index contributed by atoms with van der Waals surface area (Å²) in [6, 6.07) is 0.355. The first-order chi connectivity index (χ1) is 4.30. The fourth-order valence-electron chi connectivity index (χ4n) is 1.24. The maximum absolute atomic E-state index is 5.71. The Balaban J connectivity index is 2.23. The van der Waals surface area contributed by atoms with Gasteiger partial charge in [0.25, 0.3) is 0 Å². The molecule has 1 atom stereocenters. The van der Waals surface area contributed by atoms with Crippen LogP contribution in [0.4, 0.5) is 0 Å². The Hall–Kier alpha value is -0.0800. The molecule has 0 aromatic heterocycles. The molecule has 0 saturated carbocycles. The van der Waals surface area contributed by atoms with Crippen LogP contribution in [0.5, 0.6) is 0 Å². The van der Waals surface area contributed by atoms with Crippen LogP contribution in [0.3, 0.4) is 0 Å². The third kappa shape index (κ3) is 1.95. The van der Waals surface area contributed by atoms with E-state index < -0.39 is 0 Å². The molecule has 0 bridgehead atoms. The summed E-state index contributed by atoms with van der Waals surface area (Å²) < 4.78 is 5.19. The molecule has 1 fully saturated rings. The average Bonchev–Trinajstić information content (AvgIpc) is 1.90. The van der Waals surface area contributed by atoms with E-state index in [1.54, 1.807) is 0 Å². The first-order valence-electron chi connectivity index (χ1n) is 3.64. The van der Waals surface area contributed by atoms with Crippen molar-refractivity contribution in [3.8, 4) is 0 Å². The summed E-state index contributed by atoms with van der Waals surface area (Å²) in [4.78, 5) is 0. The predicted octanol–water partition coefficient (Wildman–Crippen LogP) is 0.760. The van der Waals surface area contributed by atoms with Crippen molar-refractivity contribution in [2.24, 2.45) is 11.7 Å². The summed E-state index contributed by atoms with van der Waals surface area (Å²) in [5, 5.41) is 0. The number of rotatable bonds is 1. The fourth-order valence-corrected chi connectivity index (χ4v) is 1.24. The van der Waals surface area contributed by atoms with Crippen LogP contribution in [-0.2, 0) is 4.74 Å². The summed E-state index contributed by atoms with van der Waals surface area (Å²) in [5.74, 6) is 0.707. The highest BCUT2D eigenvalue weighted by molar-refractivity contribution is 4.70. The minimum atomic E-state index is 0.355. The minimum absolute atomic E-state index is 0.355. The summed E-state index contributed by atoms with van der Waals surface area (Å²) in [6.07, 6.45) is 2.30. The summed E-state index contributed by atoms with van der Waals surface area (Å²) >= 11 is 0. The Morgan fingerprint density at radius 2 is 2.00 bits per heavy atom. The van der Waals surface area contributed by atoms with Gasteiger partial charge >= 0.3 is 0 Å². The minimum Gasteiger partial charge on any atom is -0.381 e. The van der Waals surface area contributed by atoms with Crippen molar-refractivity contribution in [3.63, 3.8) is 0 Å². The summed E-state index contributed by atoms with van der Waals surface area (Å²) in [5.41, 5.74) is 5.71. The van der Waals surface area contributed by atoms with Crippen LogP contribution in [0.15, 0.2) is 0 Å². The topological polar surface area (TPSA) is 35.2 Å². The van der Waals surface area contributed by atoms with E-state index in [0.717, 1.165) is 26.1 Å². The maximum Gasteiger partial charge on any atom is 0.0469 e. The Bertz CT molecular complexity index is 77.0. The molecule has 1 unspecified atom stereocenters. The van der Waals surface area contributed by atoms with Crippen molar-refractivity contribution >= 4 is 0 Å². The van der Waals surface area contributed by atoms with E-state index >= 15 is 0 Å². The molecular weight excluding hydrogens is 114 g/mol. The molecule has 1 aliphatic heterocycles. The Labute approximate surface area is 56.4 Å². The van der Waals surface area contributed by atoms with E-state index in [1.165, 1.54) is 0 Å². The van der Waals surface area contributed by atoms with Gasteiger partial charge in [-0.3, -0.25) is 0 Å². The standard InChI is InChI=1S/C7H15NO/c1-6(8)7-2-4-9-5-3-7/h6-7H,2-5,8H2,1H3. The van der Waals surface area contributed by atoms with Crippen LogP contribution in [0, 0.1) is 5.92 Å². The van der Waals surface area contributed by atoms with Crippen molar-refractivity contribution in [1.82, 2.24) is 0 Å². The largest absolute Gasteiger partial charge is 0.381 e. The van der Waals surface area contributed by atoms with E-state index in [1.807, 2.05) is 0 Å². The van der Waals surface area contributed by atoms with E-state index in [2.05, 4.69) is 6.92 Å². The molecule has 54 valence electrons. The Morgan fingerprint density at radius 3 is 2.33 bits per heavy atom. The zero-order valence-electron chi connectivity index (χ0n) is 5.97. The van der Waals surface area contributed by atoms with Gasteiger partial charge in [-0.15, -0.1) is 0 Å². The summed E-state index contributed by atoms with van der Waals surface area (Å²) in [7, 11) is 0. The fraction of sp³-hybridized carbons (Fsp3) is 1.00. The van der Waals surface area contributed by atoms with Crippen LogP contribution in [0.25, 0.3) is 0 Å².